The number of rotatable bonds is 4. The fourth-order valence-electron chi connectivity index (χ4n) is 0.993. The maximum atomic E-state index is 8.80. The van der Waals surface area contributed by atoms with Crippen LogP contribution in [0.2, 0.25) is 18.1 Å². The van der Waals surface area contributed by atoms with Crippen LogP contribution in [0.15, 0.2) is 0 Å². The molecule has 1 rings (SSSR count). The second-order valence-corrected chi connectivity index (χ2v) is 10.3. The van der Waals surface area contributed by atoms with Gasteiger partial charge in [-0.15, -0.1) is 0 Å². The Kier molecular flexibility index (Phi) is 3.41. The standard InChI is InChI=1S/C10H22O3Si/c1-10(2,3)14(4,5)12-7-9-8(6-11)13-9/h8-9,11H,6-7H2,1-5H3/t8-,9-/m0/s1. The summed E-state index contributed by atoms with van der Waals surface area (Å²) in [5.74, 6) is 0. The van der Waals surface area contributed by atoms with Crippen LogP contribution in [-0.2, 0) is 9.16 Å². The normalized spacial score (nSPS) is 27.9. The zero-order valence-corrected chi connectivity index (χ0v) is 10.8. The lowest BCUT2D eigenvalue weighted by Gasteiger charge is -2.35. The first kappa shape index (κ1) is 12.2. The van der Waals surface area contributed by atoms with E-state index < -0.39 is 8.32 Å². The van der Waals surface area contributed by atoms with E-state index in [1.54, 1.807) is 0 Å². The van der Waals surface area contributed by atoms with Gasteiger partial charge in [0.1, 0.15) is 12.2 Å². The van der Waals surface area contributed by atoms with E-state index in [9.17, 15) is 0 Å². The number of hydrogen-bond acceptors (Lipinski definition) is 3. The van der Waals surface area contributed by atoms with Crippen LogP contribution < -0.4 is 0 Å². The van der Waals surface area contributed by atoms with Gasteiger partial charge in [0.2, 0.25) is 0 Å². The number of aliphatic hydroxyl groups excluding tert-OH is 1. The molecule has 0 radical (unpaired) electrons. The molecule has 0 spiro atoms. The molecule has 1 aliphatic rings. The second-order valence-electron chi connectivity index (χ2n) is 5.47. The SMILES string of the molecule is CC(C)(C)[Si](C)(C)OC[C@@H]1O[C@H]1CO. The Morgan fingerprint density at radius 2 is 1.86 bits per heavy atom. The van der Waals surface area contributed by atoms with Crippen molar-refractivity contribution in [2.24, 2.45) is 0 Å². The van der Waals surface area contributed by atoms with E-state index in [1.165, 1.54) is 0 Å². The average Bonchev–Trinajstić information content (AvgIpc) is 2.77. The highest BCUT2D eigenvalue weighted by atomic mass is 28.4. The molecule has 4 heteroatoms. The molecule has 0 aromatic rings. The summed E-state index contributed by atoms with van der Waals surface area (Å²) < 4.78 is 11.2. The summed E-state index contributed by atoms with van der Waals surface area (Å²) in [6, 6.07) is 0. The molecule has 0 aromatic heterocycles. The van der Waals surface area contributed by atoms with Crippen molar-refractivity contribution in [2.75, 3.05) is 13.2 Å². The molecule has 1 heterocycles. The van der Waals surface area contributed by atoms with E-state index >= 15 is 0 Å². The lowest BCUT2D eigenvalue weighted by Crippen LogP contribution is -2.41. The minimum atomic E-state index is -1.63. The fraction of sp³-hybridized carbons (Fsp3) is 1.00. The van der Waals surface area contributed by atoms with Gasteiger partial charge in [-0.25, -0.2) is 0 Å². The zero-order valence-electron chi connectivity index (χ0n) is 9.83. The van der Waals surface area contributed by atoms with Crippen molar-refractivity contribution < 1.29 is 14.3 Å². The Labute approximate surface area is 87.5 Å². The van der Waals surface area contributed by atoms with Crippen LogP contribution in [0.4, 0.5) is 0 Å². The molecular weight excluding hydrogens is 196 g/mol. The molecule has 1 N–H and O–H groups in total. The molecule has 1 fully saturated rings. The smallest absolute Gasteiger partial charge is 0.192 e. The van der Waals surface area contributed by atoms with Crippen LogP contribution in [0.25, 0.3) is 0 Å². The van der Waals surface area contributed by atoms with Crippen molar-refractivity contribution in [1.82, 2.24) is 0 Å². The highest BCUT2D eigenvalue weighted by Crippen LogP contribution is 2.37. The van der Waals surface area contributed by atoms with E-state index in [0.29, 0.717) is 6.61 Å². The van der Waals surface area contributed by atoms with Crippen molar-refractivity contribution in [3.63, 3.8) is 0 Å². The molecule has 0 amide bonds. The lowest BCUT2D eigenvalue weighted by atomic mass is 10.2. The van der Waals surface area contributed by atoms with Crippen LogP contribution in [-0.4, -0.2) is 38.8 Å². The van der Waals surface area contributed by atoms with Gasteiger partial charge in [-0.1, -0.05) is 20.8 Å². The lowest BCUT2D eigenvalue weighted by molar-refractivity contribution is 0.227. The fourth-order valence-corrected chi connectivity index (χ4v) is 2.01. The molecule has 0 unspecified atom stereocenters. The van der Waals surface area contributed by atoms with Gasteiger partial charge >= 0.3 is 0 Å². The van der Waals surface area contributed by atoms with Crippen LogP contribution >= 0.6 is 0 Å². The topological polar surface area (TPSA) is 42.0 Å². The van der Waals surface area contributed by atoms with Crippen molar-refractivity contribution in [3.05, 3.63) is 0 Å². The van der Waals surface area contributed by atoms with E-state index in [-0.39, 0.29) is 23.9 Å². The van der Waals surface area contributed by atoms with E-state index in [0.717, 1.165) is 0 Å². The van der Waals surface area contributed by atoms with E-state index in [4.69, 9.17) is 14.3 Å². The summed E-state index contributed by atoms with van der Waals surface area (Å²) in [6.45, 7) is 11.9. The van der Waals surface area contributed by atoms with Crippen LogP contribution in [0.5, 0.6) is 0 Å². The quantitative estimate of drug-likeness (QED) is 0.577. The molecule has 0 saturated carbocycles. The number of epoxide rings is 1. The first-order valence-corrected chi connectivity index (χ1v) is 8.09. The van der Waals surface area contributed by atoms with Crippen molar-refractivity contribution in [3.8, 4) is 0 Å². The van der Waals surface area contributed by atoms with Gasteiger partial charge in [0.15, 0.2) is 8.32 Å². The van der Waals surface area contributed by atoms with Gasteiger partial charge < -0.3 is 14.3 Å². The van der Waals surface area contributed by atoms with E-state index in [1.807, 2.05) is 0 Å². The Hall–Kier alpha value is 0.0969. The van der Waals surface area contributed by atoms with Crippen LogP contribution in [0.3, 0.4) is 0 Å². The number of ether oxygens (including phenoxy) is 1. The highest BCUT2D eigenvalue weighted by Gasteiger charge is 2.43. The van der Waals surface area contributed by atoms with E-state index in [2.05, 4.69) is 33.9 Å². The molecule has 14 heavy (non-hydrogen) atoms. The first-order chi connectivity index (χ1) is 6.28. The molecule has 2 atom stereocenters. The maximum Gasteiger partial charge on any atom is 0.192 e. The second kappa shape index (κ2) is 3.93. The molecule has 1 aliphatic heterocycles. The third kappa shape index (κ3) is 2.79. The Morgan fingerprint density at radius 3 is 2.21 bits per heavy atom. The minimum absolute atomic E-state index is 0.0276. The van der Waals surface area contributed by atoms with Gasteiger partial charge in [0.05, 0.1) is 13.2 Å². The summed E-state index contributed by atoms with van der Waals surface area (Å²) in [7, 11) is -1.63. The van der Waals surface area contributed by atoms with Crippen molar-refractivity contribution in [2.45, 2.75) is 51.1 Å². The van der Waals surface area contributed by atoms with Gasteiger partial charge in [-0.3, -0.25) is 0 Å². The molecule has 84 valence electrons. The summed E-state index contributed by atoms with van der Waals surface area (Å²) in [5.41, 5.74) is 0. The first-order valence-electron chi connectivity index (χ1n) is 5.18. The zero-order chi connectivity index (χ0) is 11.0. The van der Waals surface area contributed by atoms with Crippen molar-refractivity contribution >= 4 is 8.32 Å². The summed E-state index contributed by atoms with van der Waals surface area (Å²) in [6.07, 6.45) is 0.161. The number of hydrogen-bond donors (Lipinski definition) is 1. The largest absolute Gasteiger partial charge is 0.414 e. The van der Waals surface area contributed by atoms with Crippen molar-refractivity contribution in [1.29, 1.82) is 0 Å². The average molecular weight is 218 g/mol. The van der Waals surface area contributed by atoms with Gasteiger partial charge in [0.25, 0.3) is 0 Å². The van der Waals surface area contributed by atoms with Gasteiger partial charge in [-0.05, 0) is 18.1 Å². The number of aliphatic hydroxyl groups is 1. The monoisotopic (exact) mass is 218 g/mol. The molecule has 3 nitrogen and oxygen atoms in total. The molecule has 0 aromatic carbocycles. The molecule has 1 saturated heterocycles. The Balaban J connectivity index is 2.31. The summed E-state index contributed by atoms with van der Waals surface area (Å²) >= 11 is 0. The van der Waals surface area contributed by atoms with Crippen LogP contribution in [0.1, 0.15) is 20.8 Å². The Morgan fingerprint density at radius 1 is 1.29 bits per heavy atom. The van der Waals surface area contributed by atoms with Crippen LogP contribution in [0, 0.1) is 0 Å². The van der Waals surface area contributed by atoms with Gasteiger partial charge in [-0.2, -0.15) is 0 Å². The third-order valence-corrected chi connectivity index (χ3v) is 7.78. The predicted octanol–water partition coefficient (Wildman–Crippen LogP) is 1.77. The predicted molar refractivity (Wildman–Crippen MR) is 58.9 cm³/mol. The highest BCUT2D eigenvalue weighted by molar-refractivity contribution is 6.74. The Bertz CT molecular complexity index is 198. The molecular formula is C10H22O3Si. The molecule has 0 bridgehead atoms. The van der Waals surface area contributed by atoms with Gasteiger partial charge in [0, 0.05) is 0 Å². The summed E-state index contributed by atoms with van der Waals surface area (Å²) in [4.78, 5) is 0. The minimum Gasteiger partial charge on any atom is -0.414 e. The summed E-state index contributed by atoms with van der Waals surface area (Å²) in [5, 5.41) is 9.04. The maximum absolute atomic E-state index is 8.80. The third-order valence-electron chi connectivity index (χ3n) is 3.28. The molecule has 0 aliphatic carbocycles.